The van der Waals surface area contributed by atoms with Crippen molar-refractivity contribution < 1.29 is 9.59 Å². The van der Waals surface area contributed by atoms with Gasteiger partial charge in [-0.1, -0.05) is 48.3 Å². The molecule has 0 saturated heterocycles. The molecule has 0 saturated carbocycles. The van der Waals surface area contributed by atoms with E-state index in [9.17, 15) is 9.59 Å². The zero-order valence-electron chi connectivity index (χ0n) is 15.6. The Kier molecular flexibility index (Phi) is 7.66. The molecule has 0 fully saturated rings. The minimum Gasteiger partial charge on any atom is -0.325 e. The molecule has 0 radical (unpaired) electrons. The van der Waals surface area contributed by atoms with Gasteiger partial charge in [0.05, 0.1) is 23.3 Å². The Morgan fingerprint density at radius 3 is 2.44 bits per heavy atom. The second-order valence-electron chi connectivity index (χ2n) is 6.26. The summed E-state index contributed by atoms with van der Waals surface area (Å²) in [7, 11) is 1.72. The highest BCUT2D eigenvalue weighted by Gasteiger charge is 2.21. The third-order valence-corrected chi connectivity index (χ3v) is 4.84. The number of likely N-dealkylation sites (N-methyl/N-ethyl adjacent to an activating group) is 1. The largest absolute Gasteiger partial charge is 0.325 e. The summed E-state index contributed by atoms with van der Waals surface area (Å²) in [5.74, 6) is -0.439. The maximum Gasteiger partial charge on any atom is 0.241 e. The lowest BCUT2D eigenvalue weighted by Crippen LogP contribution is -2.43. The highest BCUT2D eigenvalue weighted by molar-refractivity contribution is 6.36. The van der Waals surface area contributed by atoms with E-state index in [0.717, 1.165) is 17.7 Å². The van der Waals surface area contributed by atoms with Crippen molar-refractivity contribution in [2.24, 2.45) is 0 Å². The van der Waals surface area contributed by atoms with E-state index in [1.54, 1.807) is 37.1 Å². The number of hydrogen-bond acceptors (Lipinski definition) is 3. The van der Waals surface area contributed by atoms with Crippen molar-refractivity contribution in [3.8, 4) is 0 Å². The van der Waals surface area contributed by atoms with Crippen molar-refractivity contribution in [2.75, 3.05) is 24.2 Å². The molecule has 144 valence electrons. The molecule has 1 atom stereocenters. The number of para-hydroxylation sites is 1. The number of aryl methyl sites for hydroxylation is 1. The van der Waals surface area contributed by atoms with Crippen LogP contribution in [0.2, 0.25) is 10.0 Å². The van der Waals surface area contributed by atoms with Crippen molar-refractivity contribution in [3.63, 3.8) is 0 Å². The molecule has 0 aliphatic heterocycles. The molecule has 2 aromatic carbocycles. The lowest BCUT2D eigenvalue weighted by Gasteiger charge is -2.23. The number of benzene rings is 2. The SMILES string of the molecule is CCc1ccccc1NC(=O)CN(C)[C@H](C)C(=O)Nc1ccc(Cl)cc1Cl. The molecular weight excluding hydrogens is 385 g/mol. The van der Waals surface area contributed by atoms with Crippen molar-refractivity contribution in [2.45, 2.75) is 26.3 Å². The Bertz CT molecular complexity index is 827. The van der Waals surface area contributed by atoms with Gasteiger partial charge in [0, 0.05) is 10.7 Å². The van der Waals surface area contributed by atoms with Gasteiger partial charge in [0.2, 0.25) is 11.8 Å². The second-order valence-corrected chi connectivity index (χ2v) is 7.11. The van der Waals surface area contributed by atoms with Gasteiger partial charge in [-0.05, 0) is 50.2 Å². The monoisotopic (exact) mass is 407 g/mol. The lowest BCUT2D eigenvalue weighted by atomic mass is 10.1. The number of rotatable bonds is 7. The van der Waals surface area contributed by atoms with Crippen LogP contribution >= 0.6 is 23.2 Å². The maximum atomic E-state index is 12.5. The van der Waals surface area contributed by atoms with Gasteiger partial charge < -0.3 is 10.6 Å². The van der Waals surface area contributed by atoms with Crippen LogP contribution in [0.3, 0.4) is 0 Å². The van der Waals surface area contributed by atoms with Crippen molar-refractivity contribution in [3.05, 3.63) is 58.1 Å². The van der Waals surface area contributed by atoms with E-state index < -0.39 is 6.04 Å². The number of halogens is 2. The van der Waals surface area contributed by atoms with Crippen molar-refractivity contribution in [1.29, 1.82) is 0 Å². The molecule has 5 nitrogen and oxygen atoms in total. The first-order valence-electron chi connectivity index (χ1n) is 8.65. The quantitative estimate of drug-likeness (QED) is 0.712. The summed E-state index contributed by atoms with van der Waals surface area (Å²) in [6.45, 7) is 3.85. The molecule has 2 rings (SSSR count). The minimum atomic E-state index is -0.524. The fourth-order valence-corrected chi connectivity index (χ4v) is 2.99. The van der Waals surface area contributed by atoms with Crippen LogP contribution in [0.15, 0.2) is 42.5 Å². The third kappa shape index (κ3) is 5.96. The van der Waals surface area contributed by atoms with E-state index in [4.69, 9.17) is 23.2 Å². The Labute approximate surface area is 169 Å². The molecule has 0 bridgehead atoms. The number of carbonyl (C=O) groups excluding carboxylic acids is 2. The van der Waals surface area contributed by atoms with Gasteiger partial charge in [-0.25, -0.2) is 0 Å². The summed E-state index contributed by atoms with van der Waals surface area (Å²) in [6, 6.07) is 12.0. The summed E-state index contributed by atoms with van der Waals surface area (Å²) in [6.07, 6.45) is 0.826. The zero-order valence-corrected chi connectivity index (χ0v) is 17.1. The van der Waals surface area contributed by atoms with Crippen LogP contribution in [0.1, 0.15) is 19.4 Å². The van der Waals surface area contributed by atoms with E-state index in [2.05, 4.69) is 10.6 Å². The van der Waals surface area contributed by atoms with Gasteiger partial charge in [-0.2, -0.15) is 0 Å². The molecule has 0 spiro atoms. The molecule has 7 heteroatoms. The number of amides is 2. The molecule has 0 aliphatic rings. The first-order chi connectivity index (χ1) is 12.8. The molecule has 2 aromatic rings. The normalized spacial score (nSPS) is 11.9. The Hall–Kier alpha value is -2.08. The van der Waals surface area contributed by atoms with Gasteiger partial charge in [0.1, 0.15) is 0 Å². The van der Waals surface area contributed by atoms with Crippen LogP contribution in [-0.4, -0.2) is 36.3 Å². The van der Waals surface area contributed by atoms with Crippen LogP contribution in [-0.2, 0) is 16.0 Å². The van der Waals surface area contributed by atoms with Gasteiger partial charge >= 0.3 is 0 Å². The smallest absolute Gasteiger partial charge is 0.241 e. The van der Waals surface area contributed by atoms with E-state index in [1.807, 2.05) is 31.2 Å². The molecule has 0 aromatic heterocycles. The summed E-state index contributed by atoms with van der Waals surface area (Å²) in [5, 5.41) is 6.51. The van der Waals surface area contributed by atoms with E-state index in [0.29, 0.717) is 15.7 Å². The van der Waals surface area contributed by atoms with Crippen molar-refractivity contribution in [1.82, 2.24) is 4.90 Å². The van der Waals surface area contributed by atoms with E-state index in [-0.39, 0.29) is 18.4 Å². The average molecular weight is 408 g/mol. The second kappa shape index (κ2) is 9.74. The van der Waals surface area contributed by atoms with E-state index >= 15 is 0 Å². The highest BCUT2D eigenvalue weighted by atomic mass is 35.5. The molecule has 0 heterocycles. The van der Waals surface area contributed by atoms with Crippen LogP contribution in [0.4, 0.5) is 11.4 Å². The van der Waals surface area contributed by atoms with Crippen LogP contribution < -0.4 is 10.6 Å². The molecule has 2 amide bonds. The van der Waals surface area contributed by atoms with Crippen LogP contribution in [0, 0.1) is 0 Å². The summed E-state index contributed by atoms with van der Waals surface area (Å²) >= 11 is 11.9. The van der Waals surface area contributed by atoms with Gasteiger partial charge in [0.15, 0.2) is 0 Å². The molecule has 27 heavy (non-hydrogen) atoms. The van der Waals surface area contributed by atoms with Crippen LogP contribution in [0.5, 0.6) is 0 Å². The standard InChI is InChI=1S/C20H23Cl2N3O2/c1-4-14-7-5-6-8-17(14)23-19(26)12-25(3)13(2)20(27)24-18-10-9-15(21)11-16(18)22/h5-11,13H,4,12H2,1-3H3,(H,23,26)(H,24,27)/t13-/m1/s1. The summed E-state index contributed by atoms with van der Waals surface area (Å²) in [4.78, 5) is 26.5. The minimum absolute atomic E-state index is 0.0843. The maximum absolute atomic E-state index is 12.5. The molecule has 0 unspecified atom stereocenters. The Morgan fingerprint density at radius 1 is 1.07 bits per heavy atom. The average Bonchev–Trinajstić information content (AvgIpc) is 2.63. The fraction of sp³-hybridized carbons (Fsp3) is 0.300. The lowest BCUT2D eigenvalue weighted by molar-refractivity contribution is -0.122. The summed E-state index contributed by atoms with van der Waals surface area (Å²) in [5.41, 5.74) is 2.34. The number of hydrogen-bond donors (Lipinski definition) is 2. The Morgan fingerprint density at radius 2 is 1.78 bits per heavy atom. The molecule has 0 aliphatic carbocycles. The van der Waals surface area contributed by atoms with Gasteiger partial charge in [-0.15, -0.1) is 0 Å². The predicted molar refractivity (Wildman–Crippen MR) is 112 cm³/mol. The zero-order chi connectivity index (χ0) is 20.0. The molecular formula is C20H23Cl2N3O2. The topological polar surface area (TPSA) is 61.4 Å². The number of nitrogens with zero attached hydrogens (tertiary/aromatic N) is 1. The third-order valence-electron chi connectivity index (χ3n) is 4.29. The van der Waals surface area contributed by atoms with Crippen LogP contribution in [0.25, 0.3) is 0 Å². The first kappa shape index (κ1) is 21.2. The van der Waals surface area contributed by atoms with Gasteiger partial charge in [0.25, 0.3) is 0 Å². The highest BCUT2D eigenvalue weighted by Crippen LogP contribution is 2.25. The molecule has 2 N–H and O–H groups in total. The summed E-state index contributed by atoms with van der Waals surface area (Å²) < 4.78 is 0. The number of nitrogens with one attached hydrogen (secondary N) is 2. The van der Waals surface area contributed by atoms with Crippen molar-refractivity contribution >= 4 is 46.4 Å². The first-order valence-corrected chi connectivity index (χ1v) is 9.41. The predicted octanol–water partition coefficient (Wildman–Crippen LogP) is 4.45. The fourth-order valence-electron chi connectivity index (χ4n) is 2.53. The number of anilines is 2. The Balaban J connectivity index is 1.94. The van der Waals surface area contributed by atoms with E-state index in [1.165, 1.54) is 0 Å². The van der Waals surface area contributed by atoms with Gasteiger partial charge in [-0.3, -0.25) is 14.5 Å². The number of carbonyl (C=O) groups is 2.